The van der Waals surface area contributed by atoms with E-state index in [1.54, 1.807) is 0 Å². The minimum atomic E-state index is 0.277. The maximum Gasteiger partial charge on any atom is 0.0489 e. The molecule has 0 aliphatic heterocycles. The van der Waals surface area contributed by atoms with Gasteiger partial charge >= 0.3 is 0 Å². The number of nitrogens with two attached hydrogens (primary N) is 1. The summed E-state index contributed by atoms with van der Waals surface area (Å²) < 4.78 is 0. The Morgan fingerprint density at radius 2 is 2.29 bits per heavy atom. The Morgan fingerprint density at radius 1 is 1.47 bits per heavy atom. The van der Waals surface area contributed by atoms with E-state index >= 15 is 0 Å². The van der Waals surface area contributed by atoms with Crippen molar-refractivity contribution in [2.45, 2.75) is 45.6 Å². The van der Waals surface area contributed by atoms with Gasteiger partial charge in [0, 0.05) is 17.9 Å². The third-order valence-corrected chi connectivity index (χ3v) is 3.91. The lowest BCUT2D eigenvalue weighted by molar-refractivity contribution is 0.224. The Morgan fingerprint density at radius 3 is 2.94 bits per heavy atom. The summed E-state index contributed by atoms with van der Waals surface area (Å²) in [6.45, 7) is 4.37. The predicted octanol–water partition coefficient (Wildman–Crippen LogP) is 2.72. The lowest BCUT2D eigenvalue weighted by Crippen LogP contribution is -2.35. The Hall–Kier alpha value is -0.930. The highest BCUT2D eigenvalue weighted by molar-refractivity contribution is 5.20. The van der Waals surface area contributed by atoms with Crippen molar-refractivity contribution < 1.29 is 0 Å². The van der Waals surface area contributed by atoms with Gasteiger partial charge in [0.1, 0.15) is 0 Å². The molecule has 1 saturated carbocycles. The summed E-state index contributed by atoms with van der Waals surface area (Å²) in [6, 6.07) is 4.50. The van der Waals surface area contributed by atoms with Crippen molar-refractivity contribution in [2.75, 3.05) is 0 Å². The minimum Gasteiger partial charge on any atom is -0.271 e. The number of hydrogen-bond acceptors (Lipinski definition) is 3. The third kappa shape index (κ3) is 3.05. The molecule has 1 aromatic rings. The van der Waals surface area contributed by atoms with Crippen molar-refractivity contribution >= 4 is 0 Å². The fraction of sp³-hybridized carbons (Fsp3) is 0.643. The number of hydrogen-bond donors (Lipinski definition) is 2. The van der Waals surface area contributed by atoms with E-state index in [9.17, 15) is 0 Å². The lowest BCUT2D eigenvalue weighted by Gasteiger charge is -2.33. The fourth-order valence-corrected chi connectivity index (χ4v) is 3.05. The van der Waals surface area contributed by atoms with Crippen LogP contribution in [0.4, 0.5) is 0 Å². The Labute approximate surface area is 104 Å². The van der Waals surface area contributed by atoms with Crippen LogP contribution in [0.25, 0.3) is 0 Å². The van der Waals surface area contributed by atoms with Gasteiger partial charge in [-0.2, -0.15) is 0 Å². The van der Waals surface area contributed by atoms with Gasteiger partial charge in [-0.15, -0.1) is 0 Å². The normalized spacial score (nSPS) is 26.8. The summed E-state index contributed by atoms with van der Waals surface area (Å²) >= 11 is 0. The second-order valence-electron chi connectivity index (χ2n) is 5.41. The minimum absolute atomic E-state index is 0.277. The zero-order valence-electron chi connectivity index (χ0n) is 10.8. The Kier molecular flexibility index (Phi) is 4.13. The highest BCUT2D eigenvalue weighted by Gasteiger charge is 2.27. The zero-order valence-corrected chi connectivity index (χ0v) is 10.8. The number of aromatic nitrogens is 1. The van der Waals surface area contributed by atoms with E-state index in [2.05, 4.69) is 29.5 Å². The summed E-state index contributed by atoms with van der Waals surface area (Å²) in [5.74, 6) is 7.25. The summed E-state index contributed by atoms with van der Waals surface area (Å²) in [6.07, 6.45) is 7.12. The molecular formula is C14H23N3. The summed E-state index contributed by atoms with van der Waals surface area (Å²) in [4.78, 5) is 4.25. The number of nitrogens with one attached hydrogen (secondary N) is 1. The molecule has 3 nitrogen and oxygen atoms in total. The SMILES string of the molecule is Cc1cc(C(NN)C2CCCC(C)C2)ccn1. The van der Waals surface area contributed by atoms with E-state index in [-0.39, 0.29) is 6.04 Å². The van der Waals surface area contributed by atoms with E-state index in [0.29, 0.717) is 5.92 Å². The van der Waals surface area contributed by atoms with Crippen LogP contribution in [-0.4, -0.2) is 4.98 Å². The van der Waals surface area contributed by atoms with Crippen molar-refractivity contribution in [1.82, 2.24) is 10.4 Å². The highest BCUT2D eigenvalue weighted by Crippen LogP contribution is 2.36. The first-order valence-electron chi connectivity index (χ1n) is 6.59. The second-order valence-corrected chi connectivity index (χ2v) is 5.41. The molecule has 1 aliphatic rings. The predicted molar refractivity (Wildman–Crippen MR) is 70.2 cm³/mol. The van der Waals surface area contributed by atoms with Crippen molar-refractivity contribution in [1.29, 1.82) is 0 Å². The molecule has 0 radical (unpaired) electrons. The summed E-state index contributed by atoms with van der Waals surface area (Å²) in [5, 5.41) is 0. The Balaban J connectivity index is 2.15. The molecule has 94 valence electrons. The number of pyridine rings is 1. The molecule has 3 heteroatoms. The monoisotopic (exact) mass is 233 g/mol. The maximum atomic E-state index is 5.76. The number of rotatable bonds is 3. The van der Waals surface area contributed by atoms with E-state index in [4.69, 9.17) is 5.84 Å². The van der Waals surface area contributed by atoms with Gasteiger partial charge in [0.15, 0.2) is 0 Å². The maximum absolute atomic E-state index is 5.76. The first-order chi connectivity index (χ1) is 8.20. The molecule has 0 saturated heterocycles. The third-order valence-electron chi connectivity index (χ3n) is 3.91. The van der Waals surface area contributed by atoms with Crippen LogP contribution in [-0.2, 0) is 0 Å². The molecule has 3 atom stereocenters. The highest BCUT2D eigenvalue weighted by atomic mass is 15.2. The van der Waals surface area contributed by atoms with Crippen molar-refractivity contribution in [3.8, 4) is 0 Å². The molecule has 0 amide bonds. The molecule has 1 heterocycles. The van der Waals surface area contributed by atoms with Gasteiger partial charge in [0.25, 0.3) is 0 Å². The molecule has 2 rings (SSSR count). The standard InChI is InChI=1S/C14H23N3/c1-10-4-3-5-12(8-10)14(17-15)13-6-7-16-11(2)9-13/h6-7,9-10,12,14,17H,3-5,8,15H2,1-2H3. The van der Waals surface area contributed by atoms with Crippen LogP contribution in [0.3, 0.4) is 0 Å². The largest absolute Gasteiger partial charge is 0.271 e. The average Bonchev–Trinajstić information content (AvgIpc) is 2.30. The van der Waals surface area contributed by atoms with Crippen LogP contribution < -0.4 is 11.3 Å². The average molecular weight is 233 g/mol. The number of aryl methyl sites for hydroxylation is 1. The van der Waals surface area contributed by atoms with Crippen molar-refractivity contribution in [3.05, 3.63) is 29.6 Å². The second kappa shape index (κ2) is 5.61. The smallest absolute Gasteiger partial charge is 0.0489 e. The first kappa shape index (κ1) is 12.5. The zero-order chi connectivity index (χ0) is 12.3. The van der Waals surface area contributed by atoms with Gasteiger partial charge in [-0.05, 0) is 49.3 Å². The van der Waals surface area contributed by atoms with E-state index in [1.807, 2.05) is 13.1 Å². The van der Waals surface area contributed by atoms with Gasteiger partial charge in [-0.25, -0.2) is 0 Å². The van der Waals surface area contributed by atoms with Gasteiger partial charge in [0.2, 0.25) is 0 Å². The van der Waals surface area contributed by atoms with Crippen LogP contribution in [0, 0.1) is 18.8 Å². The van der Waals surface area contributed by atoms with Gasteiger partial charge in [-0.3, -0.25) is 16.3 Å². The molecule has 0 aromatic carbocycles. The van der Waals surface area contributed by atoms with E-state index < -0.39 is 0 Å². The molecule has 0 bridgehead atoms. The fourth-order valence-electron chi connectivity index (χ4n) is 3.05. The van der Waals surface area contributed by atoms with Crippen molar-refractivity contribution in [3.63, 3.8) is 0 Å². The van der Waals surface area contributed by atoms with Gasteiger partial charge in [-0.1, -0.05) is 19.8 Å². The molecule has 0 spiro atoms. The van der Waals surface area contributed by atoms with Gasteiger partial charge < -0.3 is 0 Å². The molecule has 3 unspecified atom stereocenters. The van der Waals surface area contributed by atoms with Crippen LogP contribution in [0.5, 0.6) is 0 Å². The molecule has 17 heavy (non-hydrogen) atoms. The summed E-state index contributed by atoms with van der Waals surface area (Å²) in [5.41, 5.74) is 5.35. The van der Waals surface area contributed by atoms with Crippen LogP contribution >= 0.6 is 0 Å². The number of nitrogens with zero attached hydrogens (tertiary/aromatic N) is 1. The lowest BCUT2D eigenvalue weighted by atomic mass is 9.77. The Bertz CT molecular complexity index is 364. The van der Waals surface area contributed by atoms with Crippen LogP contribution in [0.15, 0.2) is 18.3 Å². The molecule has 1 aromatic heterocycles. The topological polar surface area (TPSA) is 50.9 Å². The number of hydrazine groups is 1. The van der Waals surface area contributed by atoms with E-state index in [0.717, 1.165) is 11.6 Å². The molecule has 1 fully saturated rings. The first-order valence-corrected chi connectivity index (χ1v) is 6.59. The summed E-state index contributed by atoms with van der Waals surface area (Å²) in [7, 11) is 0. The van der Waals surface area contributed by atoms with Gasteiger partial charge in [0.05, 0.1) is 0 Å². The molecular weight excluding hydrogens is 210 g/mol. The molecule has 1 aliphatic carbocycles. The quantitative estimate of drug-likeness (QED) is 0.623. The molecule has 3 N–H and O–H groups in total. The van der Waals surface area contributed by atoms with Crippen LogP contribution in [0.2, 0.25) is 0 Å². The van der Waals surface area contributed by atoms with Crippen LogP contribution in [0.1, 0.15) is 49.9 Å². The van der Waals surface area contributed by atoms with Crippen molar-refractivity contribution in [2.24, 2.45) is 17.7 Å². The van der Waals surface area contributed by atoms with E-state index in [1.165, 1.54) is 31.2 Å².